The molecule has 0 saturated carbocycles. The van der Waals surface area contributed by atoms with Crippen LogP contribution in [-0.2, 0) is 11.8 Å². The van der Waals surface area contributed by atoms with Crippen LogP contribution in [0.4, 0.5) is 0 Å². The van der Waals surface area contributed by atoms with E-state index in [0.29, 0.717) is 11.0 Å². The van der Waals surface area contributed by atoms with E-state index in [1.807, 2.05) is 12.1 Å². The second-order valence-corrected chi connectivity index (χ2v) is 7.32. The summed E-state index contributed by atoms with van der Waals surface area (Å²) in [5, 5.41) is 0.446. The molecule has 0 amide bonds. The summed E-state index contributed by atoms with van der Waals surface area (Å²) >= 11 is 9.77. The van der Waals surface area contributed by atoms with Gasteiger partial charge >= 0.3 is 0 Å². The fourth-order valence-electron chi connectivity index (χ4n) is 2.37. The molecule has 3 nitrogen and oxygen atoms in total. The summed E-state index contributed by atoms with van der Waals surface area (Å²) in [6.45, 7) is 7.07. The lowest BCUT2D eigenvalue weighted by Crippen LogP contribution is -2.16. The van der Waals surface area contributed by atoms with Gasteiger partial charge in [-0.05, 0) is 39.7 Å². The van der Waals surface area contributed by atoms with Crippen molar-refractivity contribution in [3.8, 4) is 17.1 Å². The van der Waals surface area contributed by atoms with Gasteiger partial charge in [0.1, 0.15) is 10.9 Å². The van der Waals surface area contributed by atoms with E-state index in [2.05, 4.69) is 47.8 Å². The topological polar surface area (TPSA) is 35.0 Å². The molecule has 0 atom stereocenters. The molecule has 0 saturated heterocycles. The van der Waals surface area contributed by atoms with Crippen molar-refractivity contribution < 1.29 is 4.74 Å². The van der Waals surface area contributed by atoms with Crippen LogP contribution in [0, 0.1) is 0 Å². The first kappa shape index (κ1) is 14.8. The Balaban J connectivity index is 2.13. The van der Waals surface area contributed by atoms with Gasteiger partial charge in [0, 0.05) is 17.4 Å². The standard InChI is InChI=1S/C16H16BrClN2O/c1-16(2,3)13-12(17)14(18)20-15(19-13)10-4-5-11-9(8-10)6-7-21-11/h4-5,8H,6-7H2,1-3H3. The molecule has 2 aromatic rings. The Morgan fingerprint density at radius 2 is 2.00 bits per heavy atom. The molecule has 0 aliphatic carbocycles. The van der Waals surface area contributed by atoms with Crippen molar-refractivity contribution >= 4 is 27.5 Å². The number of fused-ring (bicyclic) bond motifs is 1. The predicted molar refractivity (Wildman–Crippen MR) is 88.1 cm³/mol. The van der Waals surface area contributed by atoms with Crippen molar-refractivity contribution in [2.75, 3.05) is 6.61 Å². The van der Waals surface area contributed by atoms with Crippen molar-refractivity contribution in [3.63, 3.8) is 0 Å². The fourth-order valence-corrected chi connectivity index (χ4v) is 3.31. The normalized spacial score (nSPS) is 14.0. The highest BCUT2D eigenvalue weighted by atomic mass is 79.9. The smallest absolute Gasteiger partial charge is 0.161 e. The number of halogens is 2. The molecule has 1 aliphatic rings. The molecule has 21 heavy (non-hydrogen) atoms. The molecule has 1 aliphatic heterocycles. The minimum atomic E-state index is -0.111. The Morgan fingerprint density at radius 1 is 1.24 bits per heavy atom. The lowest BCUT2D eigenvalue weighted by Gasteiger charge is -2.20. The number of aromatic nitrogens is 2. The Labute approximate surface area is 137 Å². The van der Waals surface area contributed by atoms with Gasteiger partial charge < -0.3 is 4.74 Å². The van der Waals surface area contributed by atoms with Gasteiger partial charge in [0.15, 0.2) is 5.82 Å². The summed E-state index contributed by atoms with van der Waals surface area (Å²) in [4.78, 5) is 9.13. The average molecular weight is 368 g/mol. The second-order valence-electron chi connectivity index (χ2n) is 6.17. The SMILES string of the molecule is CC(C)(C)c1nc(-c2ccc3c(c2)CCO3)nc(Cl)c1Br. The largest absolute Gasteiger partial charge is 0.493 e. The molecule has 0 unspecified atom stereocenters. The number of ether oxygens (including phenoxy) is 1. The molecule has 110 valence electrons. The Hall–Kier alpha value is -1.13. The highest BCUT2D eigenvalue weighted by Gasteiger charge is 2.23. The minimum absolute atomic E-state index is 0.111. The zero-order valence-electron chi connectivity index (χ0n) is 12.2. The molecular weight excluding hydrogens is 352 g/mol. The Kier molecular flexibility index (Phi) is 3.70. The van der Waals surface area contributed by atoms with E-state index in [-0.39, 0.29) is 5.41 Å². The van der Waals surface area contributed by atoms with E-state index in [1.165, 1.54) is 5.56 Å². The zero-order valence-corrected chi connectivity index (χ0v) is 14.5. The third kappa shape index (κ3) is 2.79. The average Bonchev–Trinajstić information content (AvgIpc) is 2.87. The van der Waals surface area contributed by atoms with Crippen LogP contribution < -0.4 is 4.74 Å². The highest BCUT2D eigenvalue weighted by Crippen LogP contribution is 2.35. The number of hydrogen-bond acceptors (Lipinski definition) is 3. The Bertz CT molecular complexity index is 710. The molecule has 0 radical (unpaired) electrons. The summed E-state index contributed by atoms with van der Waals surface area (Å²) in [7, 11) is 0. The van der Waals surface area contributed by atoms with Gasteiger partial charge in [-0.25, -0.2) is 9.97 Å². The monoisotopic (exact) mass is 366 g/mol. The van der Waals surface area contributed by atoms with Crippen LogP contribution >= 0.6 is 27.5 Å². The maximum Gasteiger partial charge on any atom is 0.161 e. The quantitative estimate of drug-likeness (QED) is 0.680. The molecule has 0 bridgehead atoms. The van der Waals surface area contributed by atoms with Gasteiger partial charge in [0.2, 0.25) is 0 Å². The lowest BCUT2D eigenvalue weighted by atomic mass is 9.92. The van der Waals surface area contributed by atoms with E-state index in [9.17, 15) is 0 Å². The van der Waals surface area contributed by atoms with E-state index in [1.54, 1.807) is 0 Å². The first-order valence-electron chi connectivity index (χ1n) is 6.86. The maximum atomic E-state index is 6.27. The molecule has 5 heteroatoms. The molecule has 0 fully saturated rings. The van der Waals surface area contributed by atoms with Gasteiger partial charge in [-0.1, -0.05) is 32.4 Å². The molecule has 0 N–H and O–H groups in total. The van der Waals surface area contributed by atoms with E-state index in [4.69, 9.17) is 21.3 Å². The highest BCUT2D eigenvalue weighted by molar-refractivity contribution is 9.10. The van der Waals surface area contributed by atoms with Gasteiger partial charge in [-0.15, -0.1) is 0 Å². The number of nitrogens with zero attached hydrogens (tertiary/aromatic N) is 2. The van der Waals surface area contributed by atoms with Crippen LogP contribution in [0.2, 0.25) is 5.15 Å². The van der Waals surface area contributed by atoms with Crippen LogP contribution in [-0.4, -0.2) is 16.6 Å². The third-order valence-corrected chi connectivity index (χ3v) is 4.72. The number of benzene rings is 1. The van der Waals surface area contributed by atoms with Crippen molar-refractivity contribution in [2.24, 2.45) is 0 Å². The summed E-state index contributed by atoms with van der Waals surface area (Å²) in [5.41, 5.74) is 2.97. The molecule has 1 aromatic heterocycles. The fraction of sp³-hybridized carbons (Fsp3) is 0.375. The number of rotatable bonds is 1. The third-order valence-electron chi connectivity index (χ3n) is 3.47. The van der Waals surface area contributed by atoms with Crippen molar-refractivity contribution in [3.05, 3.63) is 39.1 Å². The summed E-state index contributed by atoms with van der Waals surface area (Å²) in [5.74, 6) is 1.61. The summed E-state index contributed by atoms with van der Waals surface area (Å²) in [6, 6.07) is 6.05. The van der Waals surface area contributed by atoms with Crippen molar-refractivity contribution in [2.45, 2.75) is 32.6 Å². The summed E-state index contributed by atoms with van der Waals surface area (Å²) in [6.07, 6.45) is 0.930. The van der Waals surface area contributed by atoms with Crippen molar-refractivity contribution in [1.82, 2.24) is 9.97 Å². The van der Waals surface area contributed by atoms with Crippen LogP contribution in [0.25, 0.3) is 11.4 Å². The minimum Gasteiger partial charge on any atom is -0.493 e. The van der Waals surface area contributed by atoms with E-state index < -0.39 is 0 Å². The number of hydrogen-bond donors (Lipinski definition) is 0. The first-order chi connectivity index (χ1) is 9.86. The van der Waals surface area contributed by atoms with Gasteiger partial charge in [0.25, 0.3) is 0 Å². The van der Waals surface area contributed by atoms with Crippen LogP contribution in [0.3, 0.4) is 0 Å². The second kappa shape index (κ2) is 5.25. The summed E-state index contributed by atoms with van der Waals surface area (Å²) < 4.78 is 6.30. The molecule has 0 spiro atoms. The van der Waals surface area contributed by atoms with Gasteiger partial charge in [-0.3, -0.25) is 0 Å². The molecular formula is C16H16BrClN2O. The van der Waals surface area contributed by atoms with Crippen LogP contribution in [0.15, 0.2) is 22.7 Å². The Morgan fingerprint density at radius 3 is 2.71 bits per heavy atom. The van der Waals surface area contributed by atoms with E-state index in [0.717, 1.165) is 34.5 Å². The van der Waals surface area contributed by atoms with Crippen LogP contribution in [0.5, 0.6) is 5.75 Å². The zero-order chi connectivity index (χ0) is 15.2. The maximum absolute atomic E-state index is 6.27. The van der Waals surface area contributed by atoms with E-state index >= 15 is 0 Å². The molecule has 2 heterocycles. The van der Waals surface area contributed by atoms with Crippen LogP contribution in [0.1, 0.15) is 32.0 Å². The van der Waals surface area contributed by atoms with Gasteiger partial charge in [0.05, 0.1) is 16.8 Å². The lowest BCUT2D eigenvalue weighted by molar-refractivity contribution is 0.357. The first-order valence-corrected chi connectivity index (χ1v) is 8.03. The van der Waals surface area contributed by atoms with Gasteiger partial charge in [-0.2, -0.15) is 0 Å². The van der Waals surface area contributed by atoms with Crippen molar-refractivity contribution in [1.29, 1.82) is 0 Å². The molecule has 1 aromatic carbocycles. The molecule has 3 rings (SSSR count). The predicted octanol–water partition coefficient (Wildman–Crippen LogP) is 4.79.